The predicted octanol–water partition coefficient (Wildman–Crippen LogP) is 4.29. The van der Waals surface area contributed by atoms with Gasteiger partial charge in [-0.3, -0.25) is 9.89 Å². The van der Waals surface area contributed by atoms with Gasteiger partial charge in [0.2, 0.25) is 0 Å². The van der Waals surface area contributed by atoms with Crippen molar-refractivity contribution in [1.82, 2.24) is 20.0 Å². The van der Waals surface area contributed by atoms with E-state index in [0.717, 1.165) is 24.3 Å². The molecule has 3 heterocycles. The number of piperidine rings is 1. The Balaban J connectivity index is 1.50. The van der Waals surface area contributed by atoms with E-state index in [1.807, 2.05) is 13.8 Å². The number of aromatic amines is 1. The smallest absolute Gasteiger partial charge is 0.324 e. The topological polar surface area (TPSA) is 81.3 Å². The lowest BCUT2D eigenvalue weighted by atomic mass is 10.0. The molecule has 2 N–H and O–H groups in total. The molecule has 4 rings (SSSR count). The molecule has 1 aromatic heterocycles. The third-order valence-corrected chi connectivity index (χ3v) is 6.10. The van der Waals surface area contributed by atoms with Crippen molar-refractivity contribution in [1.29, 1.82) is 0 Å². The van der Waals surface area contributed by atoms with E-state index >= 15 is 0 Å². The van der Waals surface area contributed by atoms with Crippen molar-refractivity contribution < 1.29 is 27.2 Å². The van der Waals surface area contributed by atoms with Gasteiger partial charge in [-0.05, 0) is 51.0 Å². The predicted molar refractivity (Wildman–Crippen MR) is 108 cm³/mol. The Morgan fingerprint density at radius 2 is 1.78 bits per heavy atom. The van der Waals surface area contributed by atoms with Gasteiger partial charge in [-0.15, -0.1) is 0 Å². The van der Waals surface area contributed by atoms with Crippen LogP contribution in [0.1, 0.15) is 53.9 Å². The van der Waals surface area contributed by atoms with Gasteiger partial charge in [-0.25, -0.2) is 9.18 Å². The van der Waals surface area contributed by atoms with Gasteiger partial charge in [-0.2, -0.15) is 18.3 Å². The molecule has 3 amide bonds. The molecule has 1 saturated heterocycles. The molecule has 0 radical (unpaired) electrons. The quantitative estimate of drug-likeness (QED) is 0.666. The lowest BCUT2D eigenvalue weighted by molar-refractivity contribution is -0.137. The fourth-order valence-electron chi connectivity index (χ4n) is 4.13. The van der Waals surface area contributed by atoms with Gasteiger partial charge >= 0.3 is 12.2 Å². The number of halogens is 4. The fourth-order valence-corrected chi connectivity index (χ4v) is 4.13. The minimum Gasteiger partial charge on any atom is -0.324 e. The Kier molecular flexibility index (Phi) is 5.38. The van der Waals surface area contributed by atoms with Crippen molar-refractivity contribution in [2.75, 3.05) is 18.4 Å². The van der Waals surface area contributed by atoms with Crippen molar-refractivity contribution in [2.24, 2.45) is 0 Å². The highest BCUT2D eigenvalue weighted by molar-refractivity contribution is 6.04. The number of urea groups is 1. The monoisotopic (exact) mass is 453 g/mol. The summed E-state index contributed by atoms with van der Waals surface area (Å²) >= 11 is 0. The normalized spacial score (nSPS) is 18.6. The van der Waals surface area contributed by atoms with Crippen LogP contribution in [-0.4, -0.2) is 51.2 Å². The number of alkyl halides is 4. The molecule has 0 spiro atoms. The molecule has 1 fully saturated rings. The summed E-state index contributed by atoms with van der Waals surface area (Å²) in [5.41, 5.74) is -0.238. The number of nitrogens with one attached hydrogen (secondary N) is 2. The first kappa shape index (κ1) is 22.1. The number of amides is 3. The van der Waals surface area contributed by atoms with Crippen LogP contribution in [0.2, 0.25) is 0 Å². The van der Waals surface area contributed by atoms with Gasteiger partial charge in [0.1, 0.15) is 6.17 Å². The van der Waals surface area contributed by atoms with Gasteiger partial charge in [0.05, 0.1) is 23.3 Å². The number of fused-ring (bicyclic) bond motifs is 1. The zero-order valence-electron chi connectivity index (χ0n) is 17.6. The van der Waals surface area contributed by atoms with Crippen LogP contribution in [0.15, 0.2) is 24.3 Å². The Morgan fingerprint density at radius 3 is 2.38 bits per heavy atom. The molecule has 2 aliphatic rings. The van der Waals surface area contributed by atoms with E-state index < -0.39 is 29.4 Å². The van der Waals surface area contributed by atoms with E-state index in [1.54, 1.807) is 9.80 Å². The third kappa shape index (κ3) is 3.91. The Hall–Kier alpha value is -3.11. The summed E-state index contributed by atoms with van der Waals surface area (Å²) in [4.78, 5) is 28.9. The molecule has 0 atom stereocenters. The van der Waals surface area contributed by atoms with E-state index in [-0.39, 0.29) is 24.0 Å². The number of hydrogen-bond acceptors (Lipinski definition) is 3. The minimum absolute atomic E-state index is 0.0500. The standard InChI is InChI=1S/C21H23F4N5O2/c1-20(2)16-15(11-30(20)19(32)29-9-7-14(22)8-10-29)17(28-27-16)26-18(31)12-3-5-13(6-4-12)21(23,24)25/h3-6,14H,7-11H2,1-2H3,(H2,26,27,28,31). The van der Waals surface area contributed by atoms with Crippen LogP contribution < -0.4 is 5.32 Å². The number of carbonyl (C=O) groups is 2. The second-order valence-electron chi connectivity index (χ2n) is 8.54. The van der Waals surface area contributed by atoms with Gasteiger partial charge in [0.25, 0.3) is 5.91 Å². The van der Waals surface area contributed by atoms with Crippen molar-refractivity contribution in [2.45, 2.75) is 51.1 Å². The molecule has 2 aromatic rings. The summed E-state index contributed by atoms with van der Waals surface area (Å²) in [6.07, 6.45) is -4.77. The van der Waals surface area contributed by atoms with Crippen LogP contribution in [-0.2, 0) is 18.3 Å². The molecule has 11 heteroatoms. The summed E-state index contributed by atoms with van der Waals surface area (Å²) in [6, 6.07) is 3.66. The minimum atomic E-state index is -4.49. The Morgan fingerprint density at radius 1 is 1.16 bits per heavy atom. The van der Waals surface area contributed by atoms with Crippen LogP contribution in [0.4, 0.5) is 28.2 Å². The van der Waals surface area contributed by atoms with Crippen molar-refractivity contribution >= 4 is 17.8 Å². The van der Waals surface area contributed by atoms with Crippen LogP contribution in [0.25, 0.3) is 0 Å². The molecule has 0 unspecified atom stereocenters. The van der Waals surface area contributed by atoms with Crippen molar-refractivity contribution in [3.8, 4) is 0 Å². The highest BCUT2D eigenvalue weighted by Crippen LogP contribution is 2.41. The van der Waals surface area contributed by atoms with E-state index in [1.165, 1.54) is 0 Å². The number of benzene rings is 1. The van der Waals surface area contributed by atoms with E-state index in [0.29, 0.717) is 37.2 Å². The SMILES string of the molecule is CC1(C)c2[nH]nc(NC(=O)c3ccc(C(F)(F)F)cc3)c2CN1C(=O)N1CCC(F)CC1. The van der Waals surface area contributed by atoms with Crippen LogP contribution in [0.5, 0.6) is 0 Å². The third-order valence-electron chi connectivity index (χ3n) is 6.10. The molecule has 0 saturated carbocycles. The summed E-state index contributed by atoms with van der Waals surface area (Å²) in [5, 5.41) is 9.62. The average Bonchev–Trinajstić information content (AvgIpc) is 3.25. The average molecular weight is 453 g/mol. The molecule has 0 aliphatic carbocycles. The largest absolute Gasteiger partial charge is 0.416 e. The fraction of sp³-hybridized carbons (Fsp3) is 0.476. The number of anilines is 1. The number of likely N-dealkylation sites (tertiary alicyclic amines) is 1. The number of nitrogens with zero attached hydrogens (tertiary/aromatic N) is 3. The molecular weight excluding hydrogens is 430 g/mol. The molecule has 2 aliphatic heterocycles. The Labute approximate surface area is 181 Å². The number of H-pyrrole nitrogens is 1. The van der Waals surface area contributed by atoms with Gasteiger partial charge in [0, 0.05) is 24.2 Å². The first-order valence-electron chi connectivity index (χ1n) is 10.3. The highest BCUT2D eigenvalue weighted by Gasteiger charge is 2.45. The van der Waals surface area contributed by atoms with Crippen molar-refractivity contribution in [3.63, 3.8) is 0 Å². The second kappa shape index (κ2) is 7.79. The van der Waals surface area contributed by atoms with Crippen molar-refractivity contribution in [3.05, 3.63) is 46.6 Å². The zero-order chi connectivity index (χ0) is 23.3. The summed E-state index contributed by atoms with van der Waals surface area (Å²) < 4.78 is 51.7. The molecule has 0 bridgehead atoms. The Bertz CT molecular complexity index is 1020. The van der Waals surface area contributed by atoms with E-state index in [9.17, 15) is 27.2 Å². The number of hydrogen-bond donors (Lipinski definition) is 2. The molecule has 172 valence electrons. The van der Waals surface area contributed by atoms with E-state index in [4.69, 9.17) is 0 Å². The summed E-state index contributed by atoms with van der Waals surface area (Å²) in [5.74, 6) is -0.392. The maximum atomic E-state index is 13.4. The first-order chi connectivity index (χ1) is 15.0. The van der Waals surface area contributed by atoms with Crippen LogP contribution >= 0.6 is 0 Å². The van der Waals surface area contributed by atoms with Gasteiger partial charge in [0.15, 0.2) is 5.82 Å². The van der Waals surface area contributed by atoms with Crippen LogP contribution in [0.3, 0.4) is 0 Å². The summed E-state index contributed by atoms with van der Waals surface area (Å²) in [7, 11) is 0. The molecule has 32 heavy (non-hydrogen) atoms. The number of carbonyl (C=O) groups excluding carboxylic acids is 2. The van der Waals surface area contributed by atoms with Crippen LogP contribution in [0, 0.1) is 0 Å². The second-order valence-corrected chi connectivity index (χ2v) is 8.54. The number of rotatable bonds is 2. The summed E-state index contributed by atoms with van der Waals surface area (Å²) in [6.45, 7) is 4.57. The van der Waals surface area contributed by atoms with E-state index in [2.05, 4.69) is 15.5 Å². The number of aromatic nitrogens is 2. The molecule has 7 nitrogen and oxygen atoms in total. The molecular formula is C21H23F4N5O2. The lowest BCUT2D eigenvalue weighted by Gasteiger charge is -2.38. The van der Waals surface area contributed by atoms with Gasteiger partial charge < -0.3 is 15.1 Å². The molecule has 1 aromatic carbocycles. The first-order valence-corrected chi connectivity index (χ1v) is 10.3. The zero-order valence-corrected chi connectivity index (χ0v) is 17.6. The van der Waals surface area contributed by atoms with Gasteiger partial charge in [-0.1, -0.05) is 0 Å². The lowest BCUT2D eigenvalue weighted by Crippen LogP contribution is -2.50. The highest BCUT2D eigenvalue weighted by atomic mass is 19.4. The maximum Gasteiger partial charge on any atom is 0.416 e. The maximum absolute atomic E-state index is 13.4.